The van der Waals surface area contributed by atoms with Crippen molar-refractivity contribution in [2.24, 2.45) is 4.99 Å². The first kappa shape index (κ1) is 15.7. The summed E-state index contributed by atoms with van der Waals surface area (Å²) in [4.78, 5) is 19.3. The van der Waals surface area contributed by atoms with Gasteiger partial charge in [-0.1, -0.05) is 29.4 Å². The van der Waals surface area contributed by atoms with Gasteiger partial charge in [0.1, 0.15) is 4.88 Å². The maximum Gasteiger partial charge on any atom is 0.348 e. The zero-order valence-electron chi connectivity index (χ0n) is 12.7. The topological polar surface area (TPSA) is 38.7 Å². The molecule has 0 spiro atoms. The highest BCUT2D eigenvalue weighted by molar-refractivity contribution is 7.99. The quantitative estimate of drug-likeness (QED) is 0.408. The van der Waals surface area contributed by atoms with Gasteiger partial charge < -0.3 is 4.74 Å². The predicted octanol–water partition coefficient (Wildman–Crippen LogP) is 5.95. The second-order valence-corrected chi connectivity index (χ2v) is 7.71. The lowest BCUT2D eigenvalue weighted by atomic mass is 10.2. The molecule has 1 aliphatic rings. The summed E-state index contributed by atoms with van der Waals surface area (Å²) in [5.41, 5.74) is 1.81. The van der Waals surface area contributed by atoms with Crippen LogP contribution in [-0.2, 0) is 4.74 Å². The lowest BCUT2D eigenvalue weighted by Gasteiger charge is -2.06. The zero-order chi connectivity index (χ0) is 16.7. The van der Waals surface area contributed by atoms with Crippen molar-refractivity contribution in [3.05, 3.63) is 51.9 Å². The highest BCUT2D eigenvalue weighted by Crippen LogP contribution is 2.46. The van der Waals surface area contributed by atoms with Crippen molar-refractivity contribution >= 4 is 62.7 Å². The largest absolute Gasteiger partial charge is 0.462 e. The monoisotopic (exact) mass is 373 g/mol. The van der Waals surface area contributed by atoms with Gasteiger partial charge in [-0.15, -0.1) is 11.3 Å². The van der Waals surface area contributed by atoms with Crippen LogP contribution in [0.4, 0.5) is 5.69 Å². The third kappa shape index (κ3) is 2.62. The third-order valence-corrected chi connectivity index (χ3v) is 6.28. The minimum atomic E-state index is -0.280. The third-order valence-electron chi connectivity index (χ3n) is 3.66. The maximum absolute atomic E-state index is 12.0. The van der Waals surface area contributed by atoms with E-state index in [0.717, 1.165) is 31.1 Å². The highest BCUT2D eigenvalue weighted by atomic mass is 35.5. The first-order valence-corrected chi connectivity index (χ1v) is 9.42. The summed E-state index contributed by atoms with van der Waals surface area (Å²) in [6, 6.07) is 11.7. The molecule has 0 amide bonds. The van der Waals surface area contributed by atoms with Gasteiger partial charge in [-0.2, -0.15) is 0 Å². The molecule has 2 heterocycles. The number of carbonyl (C=O) groups excluding carboxylic acids is 1. The second kappa shape index (κ2) is 6.24. The van der Waals surface area contributed by atoms with Crippen LogP contribution in [0.15, 0.2) is 51.2 Å². The van der Waals surface area contributed by atoms with Crippen molar-refractivity contribution < 1.29 is 9.53 Å². The Morgan fingerprint density at radius 3 is 3.00 bits per heavy atom. The van der Waals surface area contributed by atoms with Gasteiger partial charge in [0, 0.05) is 31.7 Å². The van der Waals surface area contributed by atoms with Gasteiger partial charge >= 0.3 is 5.97 Å². The van der Waals surface area contributed by atoms with E-state index in [-0.39, 0.29) is 5.97 Å². The molecule has 0 saturated heterocycles. The van der Waals surface area contributed by atoms with E-state index in [0.29, 0.717) is 16.5 Å². The van der Waals surface area contributed by atoms with Crippen molar-refractivity contribution in [2.45, 2.75) is 16.7 Å². The van der Waals surface area contributed by atoms with Gasteiger partial charge in [0.15, 0.2) is 0 Å². The number of thiophene rings is 1. The van der Waals surface area contributed by atoms with Gasteiger partial charge in [0.05, 0.1) is 17.3 Å². The smallest absolute Gasteiger partial charge is 0.348 e. The van der Waals surface area contributed by atoms with E-state index >= 15 is 0 Å². The first-order chi connectivity index (χ1) is 11.7. The average Bonchev–Trinajstić information content (AvgIpc) is 2.91. The molecule has 1 aliphatic heterocycles. The van der Waals surface area contributed by atoms with Crippen LogP contribution >= 0.6 is 34.7 Å². The number of ether oxygens (including phenoxy) is 1. The van der Waals surface area contributed by atoms with Crippen LogP contribution in [0.5, 0.6) is 0 Å². The summed E-state index contributed by atoms with van der Waals surface area (Å²) in [6.45, 7) is 2.18. The molecule has 0 saturated carbocycles. The fraction of sp³-hybridized carbons (Fsp3) is 0.111. The van der Waals surface area contributed by atoms with E-state index < -0.39 is 0 Å². The fourth-order valence-corrected chi connectivity index (χ4v) is 5.01. The van der Waals surface area contributed by atoms with Crippen LogP contribution in [-0.4, -0.2) is 18.8 Å². The first-order valence-electron chi connectivity index (χ1n) is 7.41. The molecular formula is C18H12ClNO2S2. The van der Waals surface area contributed by atoms with Gasteiger partial charge in [-0.05, 0) is 37.3 Å². The van der Waals surface area contributed by atoms with Crippen LogP contribution in [0.3, 0.4) is 0 Å². The molecule has 120 valence electrons. The summed E-state index contributed by atoms with van der Waals surface area (Å²) < 4.78 is 6.16. The van der Waals surface area contributed by atoms with E-state index in [9.17, 15) is 4.79 Å². The lowest BCUT2D eigenvalue weighted by Crippen LogP contribution is -2.01. The van der Waals surface area contributed by atoms with Crippen LogP contribution in [0.2, 0.25) is 5.02 Å². The number of nitrogens with zero attached hydrogens (tertiary/aromatic N) is 1. The van der Waals surface area contributed by atoms with E-state index in [1.807, 2.05) is 43.3 Å². The maximum atomic E-state index is 12.0. The normalized spacial score (nSPS) is 12.6. The van der Waals surface area contributed by atoms with Gasteiger partial charge in [0.25, 0.3) is 0 Å². The molecule has 24 heavy (non-hydrogen) atoms. The number of hydrogen-bond acceptors (Lipinski definition) is 5. The highest BCUT2D eigenvalue weighted by Gasteiger charge is 2.19. The minimum Gasteiger partial charge on any atom is -0.462 e. The molecule has 3 aromatic rings. The average molecular weight is 374 g/mol. The number of halogens is 1. The van der Waals surface area contributed by atoms with Crippen molar-refractivity contribution in [1.82, 2.24) is 0 Å². The second-order valence-electron chi connectivity index (χ2n) is 5.17. The van der Waals surface area contributed by atoms with Crippen molar-refractivity contribution in [2.75, 3.05) is 6.61 Å². The summed E-state index contributed by atoms with van der Waals surface area (Å²) in [5, 5.41) is 1.71. The fourth-order valence-electron chi connectivity index (χ4n) is 2.56. The predicted molar refractivity (Wildman–Crippen MR) is 101 cm³/mol. The van der Waals surface area contributed by atoms with E-state index in [1.165, 1.54) is 11.3 Å². The summed E-state index contributed by atoms with van der Waals surface area (Å²) in [5.74, 6) is -0.280. The Balaban J connectivity index is 1.88. The molecule has 1 aromatic heterocycles. The Morgan fingerprint density at radius 1 is 1.29 bits per heavy atom. The Hall–Kier alpha value is -1.82. The number of rotatable bonds is 2. The molecule has 4 rings (SSSR count). The standard InChI is InChI=1S/C18H12ClNO2S2/c1-2-22-18(21)16-8-10-15(23-16)7-6-13-17(10)24-14-5-3-4-12(19)11(14)9-20-13/h3-9H,2H2,1H3. The number of esters is 1. The molecule has 0 unspecified atom stereocenters. The number of hydrogen-bond donors (Lipinski definition) is 0. The molecule has 0 N–H and O–H groups in total. The van der Waals surface area contributed by atoms with Crippen molar-refractivity contribution in [3.8, 4) is 0 Å². The summed E-state index contributed by atoms with van der Waals surface area (Å²) >= 11 is 9.37. The van der Waals surface area contributed by atoms with Crippen LogP contribution in [0, 0.1) is 0 Å². The van der Waals surface area contributed by atoms with E-state index in [2.05, 4.69) is 4.99 Å². The minimum absolute atomic E-state index is 0.280. The van der Waals surface area contributed by atoms with E-state index in [4.69, 9.17) is 16.3 Å². The molecule has 0 atom stereocenters. The van der Waals surface area contributed by atoms with Crippen LogP contribution in [0.1, 0.15) is 22.2 Å². The number of fused-ring (bicyclic) bond motifs is 4. The molecule has 0 fully saturated rings. The number of benzene rings is 2. The zero-order valence-corrected chi connectivity index (χ0v) is 15.1. The van der Waals surface area contributed by atoms with Crippen LogP contribution in [0.25, 0.3) is 10.1 Å². The lowest BCUT2D eigenvalue weighted by molar-refractivity contribution is 0.0532. The molecular weight excluding hydrogens is 362 g/mol. The molecule has 0 radical (unpaired) electrons. The van der Waals surface area contributed by atoms with Gasteiger partial charge in [-0.25, -0.2) is 4.79 Å². The Labute approximate surface area is 152 Å². The number of carbonyl (C=O) groups is 1. The van der Waals surface area contributed by atoms with Crippen LogP contribution < -0.4 is 0 Å². The number of aliphatic imine (C=N–C) groups is 1. The van der Waals surface area contributed by atoms with E-state index in [1.54, 1.807) is 18.0 Å². The molecule has 2 aromatic carbocycles. The molecule has 0 bridgehead atoms. The molecule has 0 aliphatic carbocycles. The van der Waals surface area contributed by atoms with Gasteiger partial charge in [-0.3, -0.25) is 4.99 Å². The van der Waals surface area contributed by atoms with Crippen molar-refractivity contribution in [3.63, 3.8) is 0 Å². The molecule has 3 nitrogen and oxygen atoms in total. The Bertz CT molecular complexity index is 994. The summed E-state index contributed by atoms with van der Waals surface area (Å²) in [6.07, 6.45) is 1.81. The SMILES string of the molecule is CCOC(=O)c1cc2c3c(ccc2s1)N=Cc1c(Cl)cccc1S3. The van der Waals surface area contributed by atoms with Crippen molar-refractivity contribution in [1.29, 1.82) is 0 Å². The summed E-state index contributed by atoms with van der Waals surface area (Å²) in [7, 11) is 0. The Morgan fingerprint density at radius 2 is 2.17 bits per heavy atom. The molecule has 6 heteroatoms. The Kier molecular flexibility index (Phi) is 4.08. The van der Waals surface area contributed by atoms with Gasteiger partial charge in [0.2, 0.25) is 0 Å².